The second kappa shape index (κ2) is 8.59. The van der Waals surface area contributed by atoms with Crippen LogP contribution in [0.1, 0.15) is 15.9 Å². The van der Waals surface area contributed by atoms with Gasteiger partial charge in [-0.15, -0.1) is 0 Å². The van der Waals surface area contributed by atoms with Crippen molar-refractivity contribution in [3.05, 3.63) is 96.1 Å². The molecule has 0 spiro atoms. The predicted octanol–water partition coefficient (Wildman–Crippen LogP) is 4.96. The summed E-state index contributed by atoms with van der Waals surface area (Å²) >= 11 is 0. The highest BCUT2D eigenvalue weighted by Gasteiger charge is 2.23. The number of rotatable bonds is 7. The fourth-order valence-corrected chi connectivity index (χ4v) is 3.37. The fraction of sp³-hybridized carbons (Fsp3) is 0.208. The van der Waals surface area contributed by atoms with Gasteiger partial charge in [-0.25, -0.2) is 0 Å². The minimum atomic E-state index is -0.0720. The molecule has 0 heterocycles. The Morgan fingerprint density at radius 3 is 2.04 bits per heavy atom. The minimum Gasteiger partial charge on any atom is -0.309 e. The minimum absolute atomic E-state index is 0.0720. The van der Waals surface area contributed by atoms with Crippen molar-refractivity contribution in [2.75, 3.05) is 20.6 Å². The van der Waals surface area contributed by atoms with Crippen LogP contribution in [0.4, 0.5) is 0 Å². The summed E-state index contributed by atoms with van der Waals surface area (Å²) in [5.74, 6) is 0.138. The second-order valence-electron chi connectivity index (χ2n) is 6.92. The summed E-state index contributed by atoms with van der Waals surface area (Å²) in [7, 11) is 4.04. The SMILES string of the molecule is CN(C)CC(Cc1ccccc1)C(=O)c1ccccc1-c1ccccc1. The molecule has 0 N–H and O–H groups in total. The van der Waals surface area contributed by atoms with Crippen molar-refractivity contribution >= 4 is 5.78 Å². The second-order valence-corrected chi connectivity index (χ2v) is 6.92. The number of Topliss-reactive ketones (excluding diaryl/α,β-unsaturated/α-hetero) is 1. The summed E-state index contributed by atoms with van der Waals surface area (Å²) in [5, 5.41) is 0. The van der Waals surface area contributed by atoms with Gasteiger partial charge in [-0.05, 0) is 37.2 Å². The van der Waals surface area contributed by atoms with Gasteiger partial charge in [0, 0.05) is 18.0 Å². The fourth-order valence-electron chi connectivity index (χ4n) is 3.37. The lowest BCUT2D eigenvalue weighted by molar-refractivity contribution is 0.0897. The number of hydrogen-bond donors (Lipinski definition) is 0. The molecule has 0 aliphatic rings. The number of nitrogens with zero attached hydrogens (tertiary/aromatic N) is 1. The topological polar surface area (TPSA) is 20.3 Å². The first-order valence-corrected chi connectivity index (χ1v) is 9.02. The van der Waals surface area contributed by atoms with E-state index in [2.05, 4.69) is 29.2 Å². The normalized spacial score (nSPS) is 12.1. The van der Waals surface area contributed by atoms with E-state index in [-0.39, 0.29) is 11.7 Å². The highest BCUT2D eigenvalue weighted by atomic mass is 16.1. The Morgan fingerprint density at radius 2 is 1.38 bits per heavy atom. The van der Waals surface area contributed by atoms with E-state index in [0.717, 1.165) is 29.7 Å². The van der Waals surface area contributed by atoms with Gasteiger partial charge in [-0.3, -0.25) is 4.79 Å². The largest absolute Gasteiger partial charge is 0.309 e. The molecular formula is C24H25NO. The van der Waals surface area contributed by atoms with Gasteiger partial charge in [0.05, 0.1) is 0 Å². The Kier molecular flexibility index (Phi) is 5.98. The molecule has 3 aromatic carbocycles. The van der Waals surface area contributed by atoms with E-state index in [1.165, 1.54) is 5.56 Å². The molecule has 0 aliphatic heterocycles. The van der Waals surface area contributed by atoms with Gasteiger partial charge in [0.25, 0.3) is 0 Å². The zero-order valence-corrected chi connectivity index (χ0v) is 15.4. The van der Waals surface area contributed by atoms with E-state index in [9.17, 15) is 4.79 Å². The van der Waals surface area contributed by atoms with E-state index >= 15 is 0 Å². The summed E-state index contributed by atoms with van der Waals surface area (Å²) < 4.78 is 0. The van der Waals surface area contributed by atoms with Crippen LogP contribution in [-0.4, -0.2) is 31.3 Å². The average Bonchev–Trinajstić information content (AvgIpc) is 2.68. The van der Waals surface area contributed by atoms with E-state index < -0.39 is 0 Å². The molecule has 0 aliphatic carbocycles. The lowest BCUT2D eigenvalue weighted by atomic mass is 9.87. The first kappa shape index (κ1) is 18.1. The molecule has 0 amide bonds. The Morgan fingerprint density at radius 1 is 0.808 bits per heavy atom. The Labute approximate surface area is 156 Å². The molecule has 1 atom stereocenters. The van der Waals surface area contributed by atoms with Crippen molar-refractivity contribution in [3.8, 4) is 11.1 Å². The summed E-state index contributed by atoms with van der Waals surface area (Å²) in [6.07, 6.45) is 0.751. The average molecular weight is 343 g/mol. The van der Waals surface area contributed by atoms with Gasteiger partial charge in [-0.2, -0.15) is 0 Å². The van der Waals surface area contributed by atoms with Crippen LogP contribution >= 0.6 is 0 Å². The molecule has 3 rings (SSSR count). The van der Waals surface area contributed by atoms with Crippen LogP contribution in [0, 0.1) is 5.92 Å². The van der Waals surface area contributed by atoms with E-state index in [1.54, 1.807) is 0 Å². The summed E-state index contributed by atoms with van der Waals surface area (Å²) in [5.41, 5.74) is 4.10. The van der Waals surface area contributed by atoms with Gasteiger partial charge in [0.1, 0.15) is 0 Å². The smallest absolute Gasteiger partial charge is 0.168 e. The lowest BCUT2D eigenvalue weighted by Gasteiger charge is -2.21. The van der Waals surface area contributed by atoms with Crippen molar-refractivity contribution in [2.45, 2.75) is 6.42 Å². The van der Waals surface area contributed by atoms with Crippen LogP contribution in [-0.2, 0) is 6.42 Å². The number of ketones is 1. The Bertz CT molecular complexity index is 840. The first-order chi connectivity index (χ1) is 12.6. The third-order valence-corrected chi connectivity index (χ3v) is 4.56. The third kappa shape index (κ3) is 4.47. The van der Waals surface area contributed by atoms with Crippen LogP contribution in [0.15, 0.2) is 84.9 Å². The molecule has 0 aromatic heterocycles. The standard InChI is InChI=1S/C24H25NO/c1-25(2)18-21(17-19-11-5-3-6-12-19)24(26)23-16-10-9-15-22(23)20-13-7-4-8-14-20/h3-16,21H,17-18H2,1-2H3. The van der Waals surface area contributed by atoms with E-state index in [1.807, 2.05) is 74.8 Å². The lowest BCUT2D eigenvalue weighted by Crippen LogP contribution is -2.30. The third-order valence-electron chi connectivity index (χ3n) is 4.56. The van der Waals surface area contributed by atoms with Crippen LogP contribution < -0.4 is 0 Å². The number of hydrogen-bond acceptors (Lipinski definition) is 2. The number of benzene rings is 3. The zero-order valence-electron chi connectivity index (χ0n) is 15.4. The molecule has 3 aromatic rings. The van der Waals surface area contributed by atoms with Gasteiger partial charge in [0.2, 0.25) is 0 Å². The maximum atomic E-state index is 13.5. The summed E-state index contributed by atoms with van der Waals surface area (Å²) in [4.78, 5) is 15.5. The van der Waals surface area contributed by atoms with Crippen LogP contribution in [0.3, 0.4) is 0 Å². The monoisotopic (exact) mass is 343 g/mol. The van der Waals surface area contributed by atoms with E-state index in [0.29, 0.717) is 0 Å². The van der Waals surface area contributed by atoms with Crippen molar-refractivity contribution in [2.24, 2.45) is 5.92 Å². The molecule has 0 bridgehead atoms. The molecule has 0 saturated carbocycles. The number of carbonyl (C=O) groups is 1. The number of carbonyl (C=O) groups excluding carboxylic acids is 1. The van der Waals surface area contributed by atoms with Crippen molar-refractivity contribution in [1.29, 1.82) is 0 Å². The van der Waals surface area contributed by atoms with Gasteiger partial charge in [-0.1, -0.05) is 84.9 Å². The Hall–Kier alpha value is -2.71. The van der Waals surface area contributed by atoms with Crippen molar-refractivity contribution < 1.29 is 4.79 Å². The molecule has 132 valence electrons. The summed E-state index contributed by atoms with van der Waals surface area (Å²) in [6, 6.07) is 28.4. The molecule has 0 fully saturated rings. The Balaban J connectivity index is 1.94. The maximum absolute atomic E-state index is 13.5. The molecule has 0 saturated heterocycles. The zero-order chi connectivity index (χ0) is 18.4. The predicted molar refractivity (Wildman–Crippen MR) is 108 cm³/mol. The van der Waals surface area contributed by atoms with Gasteiger partial charge in [0.15, 0.2) is 5.78 Å². The van der Waals surface area contributed by atoms with Crippen molar-refractivity contribution in [3.63, 3.8) is 0 Å². The van der Waals surface area contributed by atoms with Crippen LogP contribution in [0.25, 0.3) is 11.1 Å². The molecule has 26 heavy (non-hydrogen) atoms. The molecular weight excluding hydrogens is 318 g/mol. The highest BCUT2D eigenvalue weighted by Crippen LogP contribution is 2.27. The summed E-state index contributed by atoms with van der Waals surface area (Å²) in [6.45, 7) is 0.733. The van der Waals surface area contributed by atoms with Gasteiger partial charge >= 0.3 is 0 Å². The molecule has 2 heteroatoms. The molecule has 2 nitrogen and oxygen atoms in total. The van der Waals surface area contributed by atoms with Crippen molar-refractivity contribution in [1.82, 2.24) is 4.90 Å². The molecule has 1 unspecified atom stereocenters. The quantitative estimate of drug-likeness (QED) is 0.565. The van der Waals surface area contributed by atoms with Gasteiger partial charge < -0.3 is 4.90 Å². The highest BCUT2D eigenvalue weighted by molar-refractivity contribution is 6.04. The maximum Gasteiger partial charge on any atom is 0.168 e. The van der Waals surface area contributed by atoms with Crippen LogP contribution in [0.5, 0.6) is 0 Å². The first-order valence-electron chi connectivity index (χ1n) is 9.02. The molecule has 0 radical (unpaired) electrons. The van der Waals surface area contributed by atoms with E-state index in [4.69, 9.17) is 0 Å². The van der Waals surface area contributed by atoms with Crippen LogP contribution in [0.2, 0.25) is 0 Å².